The predicted molar refractivity (Wildman–Crippen MR) is 153 cm³/mol. The van der Waals surface area contributed by atoms with Gasteiger partial charge in [0.2, 0.25) is 5.95 Å². The van der Waals surface area contributed by atoms with E-state index in [0.29, 0.717) is 56.6 Å². The van der Waals surface area contributed by atoms with Crippen LogP contribution in [0.15, 0.2) is 78.3 Å². The largest absolute Gasteiger partial charge is 0.490 e. The Morgan fingerprint density at radius 2 is 1.79 bits per heavy atom. The number of nitrogens with zero attached hydrogens (tertiary/aromatic N) is 3. The highest BCUT2D eigenvalue weighted by molar-refractivity contribution is 6.35. The Balaban J connectivity index is 1.50. The number of amides is 1. The molecule has 0 bridgehead atoms. The number of hydrogen-bond donors (Lipinski definition) is 2. The van der Waals surface area contributed by atoms with Gasteiger partial charge in [0.1, 0.15) is 19.0 Å². The first-order valence-electron chi connectivity index (χ1n) is 12.4. The standard InChI is InChI=1S/C29H27Cl2N5O3/c1-4-38-25-14-19(11-12-24(25)39-15-21-22(30)9-6-10-23(21)31)27-26(18(3)34-29-32-16-33-36(27)29)28(37)35-20-8-5-7-17(2)13-20/h5-14,16,27H,4,15H2,1-3H3,(H,35,37)(H,32,33,34). The Morgan fingerprint density at radius 3 is 2.54 bits per heavy atom. The Morgan fingerprint density at radius 1 is 1.03 bits per heavy atom. The normalized spacial score (nSPS) is 14.4. The molecule has 0 saturated heterocycles. The quantitative estimate of drug-likeness (QED) is 0.245. The number of halogens is 2. The third-order valence-electron chi connectivity index (χ3n) is 6.33. The molecule has 1 amide bonds. The molecular weight excluding hydrogens is 537 g/mol. The van der Waals surface area contributed by atoms with Crippen LogP contribution >= 0.6 is 23.2 Å². The molecule has 39 heavy (non-hydrogen) atoms. The van der Waals surface area contributed by atoms with Gasteiger partial charge in [0.25, 0.3) is 5.91 Å². The first-order valence-corrected chi connectivity index (χ1v) is 13.2. The van der Waals surface area contributed by atoms with Crippen molar-refractivity contribution >= 4 is 40.7 Å². The van der Waals surface area contributed by atoms with Gasteiger partial charge in [-0.1, -0.05) is 47.5 Å². The molecular formula is C29H27Cl2N5O3. The highest BCUT2D eigenvalue weighted by Gasteiger charge is 2.34. The van der Waals surface area contributed by atoms with Crippen molar-refractivity contribution in [1.29, 1.82) is 0 Å². The van der Waals surface area contributed by atoms with E-state index in [1.165, 1.54) is 6.33 Å². The van der Waals surface area contributed by atoms with Crippen LogP contribution in [0.3, 0.4) is 0 Å². The molecule has 0 saturated carbocycles. The van der Waals surface area contributed by atoms with E-state index in [1.54, 1.807) is 22.9 Å². The number of nitrogens with one attached hydrogen (secondary N) is 2. The summed E-state index contributed by atoms with van der Waals surface area (Å²) in [5.41, 5.74) is 4.41. The van der Waals surface area contributed by atoms with Crippen molar-refractivity contribution in [1.82, 2.24) is 14.8 Å². The van der Waals surface area contributed by atoms with Crippen LogP contribution in [0.1, 0.15) is 36.6 Å². The van der Waals surface area contributed by atoms with Gasteiger partial charge in [-0.25, -0.2) is 4.68 Å². The summed E-state index contributed by atoms with van der Waals surface area (Å²) >= 11 is 12.7. The summed E-state index contributed by atoms with van der Waals surface area (Å²) in [7, 11) is 0. The minimum Gasteiger partial charge on any atom is -0.490 e. The fourth-order valence-electron chi connectivity index (χ4n) is 4.52. The van der Waals surface area contributed by atoms with E-state index < -0.39 is 6.04 Å². The van der Waals surface area contributed by atoms with Gasteiger partial charge < -0.3 is 20.1 Å². The second-order valence-corrected chi connectivity index (χ2v) is 9.86. The number of rotatable bonds is 8. The average Bonchev–Trinajstić information content (AvgIpc) is 3.36. The smallest absolute Gasteiger partial charge is 0.255 e. The second-order valence-electron chi connectivity index (χ2n) is 9.05. The maximum atomic E-state index is 13.7. The molecule has 8 nitrogen and oxygen atoms in total. The van der Waals surface area contributed by atoms with Crippen LogP contribution in [0.5, 0.6) is 11.5 Å². The van der Waals surface area contributed by atoms with E-state index in [0.717, 1.165) is 11.1 Å². The van der Waals surface area contributed by atoms with Crippen molar-refractivity contribution in [2.45, 2.75) is 33.4 Å². The molecule has 3 aromatic carbocycles. The fraction of sp³-hybridized carbons (Fsp3) is 0.207. The summed E-state index contributed by atoms with van der Waals surface area (Å²) in [6.07, 6.45) is 1.46. The molecule has 1 aromatic heterocycles. The average molecular weight is 564 g/mol. The Kier molecular flexibility index (Phi) is 7.77. The van der Waals surface area contributed by atoms with Crippen molar-refractivity contribution in [2.24, 2.45) is 0 Å². The highest BCUT2D eigenvalue weighted by Crippen LogP contribution is 2.39. The molecule has 1 aliphatic heterocycles. The molecule has 1 unspecified atom stereocenters. The molecule has 0 fully saturated rings. The summed E-state index contributed by atoms with van der Waals surface area (Å²) in [6, 6.07) is 18.0. The number of hydrogen-bond acceptors (Lipinski definition) is 6. The van der Waals surface area contributed by atoms with Crippen molar-refractivity contribution in [3.05, 3.63) is 105 Å². The lowest BCUT2D eigenvalue weighted by Gasteiger charge is -2.29. The van der Waals surface area contributed by atoms with Gasteiger partial charge in [-0.05, 0) is 68.3 Å². The second kappa shape index (κ2) is 11.4. The van der Waals surface area contributed by atoms with Crippen LogP contribution in [0, 0.1) is 6.92 Å². The number of allylic oxidation sites excluding steroid dienone is 1. The molecule has 200 valence electrons. The molecule has 1 aliphatic rings. The Hall–Kier alpha value is -4.01. The molecule has 10 heteroatoms. The minimum atomic E-state index is -0.556. The maximum absolute atomic E-state index is 13.7. The van der Waals surface area contributed by atoms with Crippen molar-refractivity contribution in [2.75, 3.05) is 17.2 Å². The number of anilines is 2. The summed E-state index contributed by atoms with van der Waals surface area (Å²) in [6.45, 7) is 6.31. The molecule has 0 radical (unpaired) electrons. The van der Waals surface area contributed by atoms with Gasteiger partial charge in [0.15, 0.2) is 11.5 Å². The third kappa shape index (κ3) is 5.57. The summed E-state index contributed by atoms with van der Waals surface area (Å²) in [4.78, 5) is 18.0. The van der Waals surface area contributed by atoms with E-state index in [1.807, 2.05) is 63.2 Å². The zero-order valence-corrected chi connectivity index (χ0v) is 23.2. The molecule has 2 N–H and O–H groups in total. The van der Waals surface area contributed by atoms with Crippen LogP contribution in [0.25, 0.3) is 0 Å². The number of ether oxygens (including phenoxy) is 2. The molecule has 2 heterocycles. The highest BCUT2D eigenvalue weighted by atomic mass is 35.5. The van der Waals surface area contributed by atoms with Crippen molar-refractivity contribution < 1.29 is 14.3 Å². The minimum absolute atomic E-state index is 0.168. The number of carbonyl (C=O) groups is 1. The van der Waals surface area contributed by atoms with E-state index in [-0.39, 0.29) is 12.5 Å². The molecule has 0 aliphatic carbocycles. The summed E-state index contributed by atoms with van der Waals surface area (Å²) in [5.74, 6) is 1.34. The van der Waals surface area contributed by atoms with Gasteiger partial charge in [0, 0.05) is 27.0 Å². The van der Waals surface area contributed by atoms with Crippen LogP contribution < -0.4 is 20.1 Å². The number of aryl methyl sites for hydroxylation is 1. The summed E-state index contributed by atoms with van der Waals surface area (Å²) in [5, 5.41) is 11.7. The van der Waals surface area contributed by atoms with Gasteiger partial charge in [0.05, 0.1) is 12.2 Å². The van der Waals surface area contributed by atoms with Crippen LogP contribution in [0.4, 0.5) is 11.6 Å². The van der Waals surface area contributed by atoms with Gasteiger partial charge in [-0.15, -0.1) is 0 Å². The third-order valence-corrected chi connectivity index (χ3v) is 7.04. The fourth-order valence-corrected chi connectivity index (χ4v) is 5.02. The lowest BCUT2D eigenvalue weighted by Crippen LogP contribution is -2.31. The SMILES string of the molecule is CCOc1cc(C2C(C(=O)Nc3cccc(C)c3)=C(C)Nc3ncnn32)ccc1OCc1c(Cl)cccc1Cl. The molecule has 1 atom stereocenters. The molecule has 5 rings (SSSR count). The number of aromatic nitrogens is 3. The molecule has 4 aromatic rings. The van der Waals surface area contributed by atoms with Crippen LogP contribution in [0.2, 0.25) is 10.0 Å². The number of benzene rings is 3. The van der Waals surface area contributed by atoms with E-state index in [4.69, 9.17) is 32.7 Å². The lowest BCUT2D eigenvalue weighted by atomic mass is 9.94. The number of carbonyl (C=O) groups excluding carboxylic acids is 1. The van der Waals surface area contributed by atoms with Crippen molar-refractivity contribution in [3.8, 4) is 11.5 Å². The van der Waals surface area contributed by atoms with E-state index in [9.17, 15) is 4.79 Å². The van der Waals surface area contributed by atoms with Gasteiger partial charge >= 0.3 is 0 Å². The van der Waals surface area contributed by atoms with Gasteiger partial charge in [-0.2, -0.15) is 10.1 Å². The summed E-state index contributed by atoms with van der Waals surface area (Å²) < 4.78 is 13.7. The zero-order valence-electron chi connectivity index (χ0n) is 21.7. The van der Waals surface area contributed by atoms with E-state index in [2.05, 4.69) is 20.7 Å². The van der Waals surface area contributed by atoms with Crippen molar-refractivity contribution in [3.63, 3.8) is 0 Å². The Bertz CT molecular complexity index is 1550. The first kappa shape index (κ1) is 26.6. The first-order chi connectivity index (χ1) is 18.9. The lowest BCUT2D eigenvalue weighted by molar-refractivity contribution is -0.113. The van der Waals surface area contributed by atoms with Gasteiger partial charge in [-0.3, -0.25) is 4.79 Å². The van der Waals surface area contributed by atoms with Crippen LogP contribution in [-0.2, 0) is 11.4 Å². The monoisotopic (exact) mass is 563 g/mol. The maximum Gasteiger partial charge on any atom is 0.255 e. The zero-order chi connectivity index (χ0) is 27.5. The molecule has 0 spiro atoms. The van der Waals surface area contributed by atoms with Crippen LogP contribution in [-0.4, -0.2) is 27.3 Å². The predicted octanol–water partition coefficient (Wildman–Crippen LogP) is 6.80. The van der Waals surface area contributed by atoms with E-state index >= 15 is 0 Å². The Labute approximate surface area is 236 Å². The topological polar surface area (TPSA) is 90.3 Å². The number of fused-ring (bicyclic) bond motifs is 1.